The van der Waals surface area contributed by atoms with E-state index < -0.39 is 0 Å². The molecule has 62 valence electrons. The lowest BCUT2D eigenvalue weighted by Gasteiger charge is -1.98. The Bertz CT molecular complexity index is 172. The zero-order valence-corrected chi connectivity index (χ0v) is 6.75. The summed E-state index contributed by atoms with van der Waals surface area (Å²) < 4.78 is 10.1. The number of hydrogen-bond acceptors (Lipinski definition) is 3. The summed E-state index contributed by atoms with van der Waals surface area (Å²) in [5, 5.41) is 0. The molecule has 3 nitrogen and oxygen atoms in total. The van der Waals surface area contributed by atoms with Crippen molar-refractivity contribution < 1.29 is 9.15 Å². The van der Waals surface area contributed by atoms with Crippen molar-refractivity contribution >= 4 is 0 Å². The summed E-state index contributed by atoms with van der Waals surface area (Å²) >= 11 is 0. The molecule has 11 heavy (non-hydrogen) atoms. The van der Waals surface area contributed by atoms with E-state index in [4.69, 9.17) is 9.15 Å². The van der Waals surface area contributed by atoms with Gasteiger partial charge >= 0.3 is 6.08 Å². The van der Waals surface area contributed by atoms with Gasteiger partial charge in [-0.25, -0.2) is 0 Å². The fourth-order valence-electron chi connectivity index (χ4n) is 0.793. The van der Waals surface area contributed by atoms with Gasteiger partial charge in [-0.1, -0.05) is 19.8 Å². The number of nitrogens with zero attached hydrogens (tertiary/aromatic N) is 1. The first-order valence-electron chi connectivity index (χ1n) is 3.95. The molecule has 0 bridgehead atoms. The average molecular weight is 155 g/mol. The summed E-state index contributed by atoms with van der Waals surface area (Å²) in [6, 6.07) is 0. The third-order valence-corrected chi connectivity index (χ3v) is 1.38. The van der Waals surface area contributed by atoms with Gasteiger partial charge in [-0.2, -0.15) is 4.98 Å². The molecule has 3 heteroatoms. The van der Waals surface area contributed by atoms with Gasteiger partial charge in [0, 0.05) is 0 Å². The van der Waals surface area contributed by atoms with Crippen molar-refractivity contribution in [3.05, 3.63) is 12.5 Å². The van der Waals surface area contributed by atoms with Crippen LogP contribution < -0.4 is 4.74 Å². The second kappa shape index (κ2) is 4.77. The van der Waals surface area contributed by atoms with Gasteiger partial charge in [0.05, 0.1) is 12.8 Å². The molecule has 0 aromatic carbocycles. The Morgan fingerprint density at radius 3 is 3.09 bits per heavy atom. The van der Waals surface area contributed by atoms with E-state index in [2.05, 4.69) is 11.9 Å². The molecular formula is C8H13NO2. The zero-order chi connectivity index (χ0) is 7.94. The number of hydrogen-bond donors (Lipinski definition) is 0. The Morgan fingerprint density at radius 2 is 2.45 bits per heavy atom. The summed E-state index contributed by atoms with van der Waals surface area (Å²) in [5.41, 5.74) is 0. The molecule has 0 saturated heterocycles. The smallest absolute Gasteiger partial charge is 0.393 e. The van der Waals surface area contributed by atoms with E-state index in [0.717, 1.165) is 6.42 Å². The van der Waals surface area contributed by atoms with E-state index >= 15 is 0 Å². The SMILES string of the molecule is CCCCCOc1ncco1. The maximum Gasteiger partial charge on any atom is 0.393 e. The van der Waals surface area contributed by atoms with Crippen molar-refractivity contribution in [2.45, 2.75) is 26.2 Å². The topological polar surface area (TPSA) is 35.3 Å². The molecule has 0 aliphatic rings. The highest BCUT2D eigenvalue weighted by Gasteiger charge is 1.95. The van der Waals surface area contributed by atoms with Crippen molar-refractivity contribution in [3.63, 3.8) is 0 Å². The highest BCUT2D eigenvalue weighted by Crippen LogP contribution is 2.05. The maximum atomic E-state index is 5.17. The summed E-state index contributed by atoms with van der Waals surface area (Å²) in [4.78, 5) is 3.82. The summed E-state index contributed by atoms with van der Waals surface area (Å²) in [6.07, 6.45) is 6.93. The highest BCUT2D eigenvalue weighted by atomic mass is 16.6. The number of oxazole rings is 1. The predicted molar refractivity (Wildman–Crippen MR) is 41.5 cm³/mol. The first-order valence-corrected chi connectivity index (χ1v) is 3.95. The van der Waals surface area contributed by atoms with Crippen LogP contribution in [0, 0.1) is 0 Å². The minimum Gasteiger partial charge on any atom is -0.450 e. The Labute approximate surface area is 66.4 Å². The monoisotopic (exact) mass is 155 g/mol. The van der Waals surface area contributed by atoms with Gasteiger partial charge in [-0.05, 0) is 6.42 Å². The van der Waals surface area contributed by atoms with Crippen LogP contribution in [-0.2, 0) is 0 Å². The Balaban J connectivity index is 2.04. The van der Waals surface area contributed by atoms with E-state index in [0.29, 0.717) is 12.7 Å². The Kier molecular flexibility index (Phi) is 3.52. The van der Waals surface area contributed by atoms with Gasteiger partial charge < -0.3 is 9.15 Å². The minimum absolute atomic E-state index is 0.376. The van der Waals surface area contributed by atoms with Gasteiger partial charge in [0.15, 0.2) is 0 Å². The van der Waals surface area contributed by atoms with Crippen LogP contribution in [0.5, 0.6) is 6.08 Å². The van der Waals surface area contributed by atoms with Crippen LogP contribution in [0.4, 0.5) is 0 Å². The molecule has 0 radical (unpaired) electrons. The van der Waals surface area contributed by atoms with Crippen LogP contribution >= 0.6 is 0 Å². The first-order chi connectivity index (χ1) is 5.43. The molecule has 1 heterocycles. The zero-order valence-electron chi connectivity index (χ0n) is 6.75. The van der Waals surface area contributed by atoms with Crippen molar-refractivity contribution in [1.29, 1.82) is 0 Å². The van der Waals surface area contributed by atoms with Crippen molar-refractivity contribution in [2.75, 3.05) is 6.61 Å². The molecule has 0 aliphatic carbocycles. The standard InChI is InChI=1S/C8H13NO2/c1-2-3-4-6-10-8-9-5-7-11-8/h5,7H,2-4,6H2,1H3. The second-order valence-electron chi connectivity index (χ2n) is 2.35. The van der Waals surface area contributed by atoms with Crippen LogP contribution in [-0.4, -0.2) is 11.6 Å². The predicted octanol–water partition coefficient (Wildman–Crippen LogP) is 2.24. The first kappa shape index (κ1) is 8.11. The lowest BCUT2D eigenvalue weighted by atomic mass is 10.3. The van der Waals surface area contributed by atoms with Crippen molar-refractivity contribution in [1.82, 2.24) is 4.98 Å². The van der Waals surface area contributed by atoms with Crippen molar-refractivity contribution in [2.24, 2.45) is 0 Å². The third-order valence-electron chi connectivity index (χ3n) is 1.38. The fraction of sp³-hybridized carbons (Fsp3) is 0.625. The largest absolute Gasteiger partial charge is 0.450 e. The van der Waals surface area contributed by atoms with E-state index in [-0.39, 0.29) is 0 Å². The average Bonchev–Trinajstić information content (AvgIpc) is 2.50. The van der Waals surface area contributed by atoms with Gasteiger partial charge in [-0.15, -0.1) is 0 Å². The molecule has 1 aromatic rings. The molecule has 0 amide bonds. The lowest BCUT2D eigenvalue weighted by Crippen LogP contribution is -1.96. The van der Waals surface area contributed by atoms with Gasteiger partial charge in [-0.3, -0.25) is 0 Å². The summed E-state index contributed by atoms with van der Waals surface area (Å²) in [7, 11) is 0. The molecule has 1 aromatic heterocycles. The molecule has 0 aliphatic heterocycles. The van der Waals surface area contributed by atoms with E-state index in [1.54, 1.807) is 6.20 Å². The molecule has 0 spiro atoms. The molecular weight excluding hydrogens is 142 g/mol. The maximum absolute atomic E-state index is 5.17. The number of aromatic nitrogens is 1. The Morgan fingerprint density at radius 1 is 1.55 bits per heavy atom. The highest BCUT2D eigenvalue weighted by molar-refractivity contribution is 4.83. The summed E-state index contributed by atoms with van der Waals surface area (Å²) in [5.74, 6) is 0. The molecule has 0 atom stereocenters. The van der Waals surface area contributed by atoms with Crippen LogP contribution in [0.2, 0.25) is 0 Å². The molecule has 0 fully saturated rings. The van der Waals surface area contributed by atoms with E-state index in [1.165, 1.54) is 19.1 Å². The fourth-order valence-corrected chi connectivity index (χ4v) is 0.793. The molecule has 0 saturated carbocycles. The number of unbranched alkanes of at least 4 members (excludes halogenated alkanes) is 2. The van der Waals surface area contributed by atoms with Gasteiger partial charge in [0.2, 0.25) is 0 Å². The van der Waals surface area contributed by atoms with E-state index in [9.17, 15) is 0 Å². The Hall–Kier alpha value is -0.990. The van der Waals surface area contributed by atoms with Crippen LogP contribution in [0.25, 0.3) is 0 Å². The normalized spacial score (nSPS) is 9.91. The van der Waals surface area contributed by atoms with Crippen molar-refractivity contribution in [3.8, 4) is 6.08 Å². The molecule has 0 unspecified atom stereocenters. The van der Waals surface area contributed by atoms with Crippen LogP contribution in [0.3, 0.4) is 0 Å². The van der Waals surface area contributed by atoms with Crippen LogP contribution in [0.15, 0.2) is 16.9 Å². The lowest BCUT2D eigenvalue weighted by molar-refractivity contribution is 0.225. The van der Waals surface area contributed by atoms with Gasteiger partial charge in [0.1, 0.15) is 6.26 Å². The summed E-state index contributed by atoms with van der Waals surface area (Å²) in [6.45, 7) is 2.86. The number of ether oxygens (including phenoxy) is 1. The molecule has 1 rings (SSSR count). The van der Waals surface area contributed by atoms with E-state index in [1.807, 2.05) is 0 Å². The van der Waals surface area contributed by atoms with Crippen LogP contribution in [0.1, 0.15) is 26.2 Å². The minimum atomic E-state index is 0.376. The van der Waals surface area contributed by atoms with Gasteiger partial charge in [0.25, 0.3) is 0 Å². The molecule has 0 N–H and O–H groups in total. The second-order valence-corrected chi connectivity index (χ2v) is 2.35. The number of rotatable bonds is 5. The third kappa shape index (κ3) is 3.07. The quantitative estimate of drug-likeness (QED) is 0.612.